The van der Waals surface area contributed by atoms with Crippen molar-refractivity contribution in [1.82, 2.24) is 0 Å². The number of hydrogen-bond donors (Lipinski definition) is 0. The number of allylic oxidation sites excluding steroid dienone is 1. The Kier molecular flexibility index (Phi) is 7.57. The van der Waals surface area contributed by atoms with Crippen LogP contribution < -0.4 is 0 Å². The summed E-state index contributed by atoms with van der Waals surface area (Å²) in [6, 6.07) is 0. The maximum Gasteiger partial charge on any atom is 0.323 e. The predicted octanol–water partition coefficient (Wildman–Crippen LogP) is 1.83. The van der Waals surface area contributed by atoms with E-state index in [4.69, 9.17) is 14.2 Å². The molecule has 0 radical (unpaired) electrons. The number of carbonyl (C=O) groups excluding carboxylic acids is 3. The van der Waals surface area contributed by atoms with Gasteiger partial charge < -0.3 is 14.2 Å². The van der Waals surface area contributed by atoms with Crippen molar-refractivity contribution in [3.63, 3.8) is 0 Å². The SMILES string of the molecule is CCC[C@@H](/C=C/OC(C)=O)C(C)(C(=O)OC)C(=O)OC. The van der Waals surface area contributed by atoms with E-state index in [1.807, 2.05) is 6.92 Å². The summed E-state index contributed by atoms with van der Waals surface area (Å²) in [7, 11) is 2.42. The van der Waals surface area contributed by atoms with Crippen LogP contribution in [-0.4, -0.2) is 32.1 Å². The first-order valence-corrected chi connectivity index (χ1v) is 6.35. The molecular weight excluding hydrogens is 264 g/mol. The lowest BCUT2D eigenvalue weighted by Gasteiger charge is -2.30. The second kappa shape index (κ2) is 8.35. The molecular formula is C14H22O6. The Balaban J connectivity index is 5.42. The Hall–Kier alpha value is -1.85. The van der Waals surface area contributed by atoms with Crippen molar-refractivity contribution < 1.29 is 28.6 Å². The summed E-state index contributed by atoms with van der Waals surface area (Å²) in [4.78, 5) is 34.7. The minimum Gasteiger partial charge on any atom is -0.468 e. The number of rotatable bonds is 7. The zero-order valence-electron chi connectivity index (χ0n) is 12.6. The maximum atomic E-state index is 12.0. The van der Waals surface area contributed by atoms with Crippen molar-refractivity contribution >= 4 is 17.9 Å². The van der Waals surface area contributed by atoms with Gasteiger partial charge in [-0.3, -0.25) is 14.4 Å². The molecule has 0 rings (SSSR count). The van der Waals surface area contributed by atoms with Crippen LogP contribution in [-0.2, 0) is 28.6 Å². The van der Waals surface area contributed by atoms with Gasteiger partial charge in [-0.25, -0.2) is 0 Å². The second-order valence-electron chi connectivity index (χ2n) is 4.52. The van der Waals surface area contributed by atoms with Crippen molar-refractivity contribution in [3.05, 3.63) is 12.3 Å². The highest BCUT2D eigenvalue weighted by atomic mass is 16.5. The molecule has 0 amide bonds. The second-order valence-corrected chi connectivity index (χ2v) is 4.52. The predicted molar refractivity (Wildman–Crippen MR) is 71.4 cm³/mol. The van der Waals surface area contributed by atoms with Gasteiger partial charge in [-0.15, -0.1) is 0 Å². The molecule has 0 fully saturated rings. The lowest BCUT2D eigenvalue weighted by molar-refractivity contribution is -0.171. The normalized spacial score (nSPS) is 12.8. The molecule has 0 saturated heterocycles. The monoisotopic (exact) mass is 286 g/mol. The quantitative estimate of drug-likeness (QED) is 0.307. The third-order valence-electron chi connectivity index (χ3n) is 3.11. The summed E-state index contributed by atoms with van der Waals surface area (Å²) in [5, 5.41) is 0. The molecule has 0 bridgehead atoms. The van der Waals surface area contributed by atoms with Gasteiger partial charge in [0, 0.05) is 12.8 Å². The molecule has 0 aromatic rings. The van der Waals surface area contributed by atoms with Crippen molar-refractivity contribution in [1.29, 1.82) is 0 Å². The molecule has 6 heteroatoms. The van der Waals surface area contributed by atoms with Gasteiger partial charge in [0.2, 0.25) is 0 Å². The minimum atomic E-state index is -1.48. The van der Waals surface area contributed by atoms with E-state index in [1.165, 1.54) is 40.4 Å². The third kappa shape index (κ3) is 4.36. The molecule has 0 N–H and O–H groups in total. The maximum absolute atomic E-state index is 12.0. The largest absolute Gasteiger partial charge is 0.468 e. The van der Waals surface area contributed by atoms with Gasteiger partial charge in [-0.2, -0.15) is 0 Å². The summed E-state index contributed by atoms with van der Waals surface area (Å²) in [6.07, 6.45) is 3.97. The van der Waals surface area contributed by atoms with E-state index in [0.29, 0.717) is 6.42 Å². The summed E-state index contributed by atoms with van der Waals surface area (Å²) < 4.78 is 14.1. The van der Waals surface area contributed by atoms with Crippen LogP contribution in [0.2, 0.25) is 0 Å². The van der Waals surface area contributed by atoms with Crippen LogP contribution in [0.1, 0.15) is 33.6 Å². The molecule has 0 unspecified atom stereocenters. The zero-order valence-corrected chi connectivity index (χ0v) is 12.6. The van der Waals surface area contributed by atoms with Crippen molar-refractivity contribution in [2.75, 3.05) is 14.2 Å². The first-order valence-electron chi connectivity index (χ1n) is 6.35. The lowest BCUT2D eigenvalue weighted by Crippen LogP contribution is -2.44. The van der Waals surface area contributed by atoms with Crippen LogP contribution in [0.3, 0.4) is 0 Å². The molecule has 20 heavy (non-hydrogen) atoms. The Labute approximate surface area is 119 Å². The number of hydrogen-bond acceptors (Lipinski definition) is 6. The molecule has 0 aliphatic carbocycles. The van der Waals surface area contributed by atoms with Crippen molar-refractivity contribution in [2.24, 2.45) is 11.3 Å². The summed E-state index contributed by atoms with van der Waals surface area (Å²) in [6.45, 7) is 4.64. The number of carbonyl (C=O) groups is 3. The topological polar surface area (TPSA) is 78.9 Å². The minimum absolute atomic E-state index is 0.477. The molecule has 0 saturated carbocycles. The van der Waals surface area contributed by atoms with Gasteiger partial charge in [0.25, 0.3) is 0 Å². The average Bonchev–Trinajstić information content (AvgIpc) is 2.43. The van der Waals surface area contributed by atoms with E-state index >= 15 is 0 Å². The summed E-state index contributed by atoms with van der Waals surface area (Å²) in [5.74, 6) is -2.34. The Morgan fingerprint density at radius 2 is 1.65 bits per heavy atom. The molecule has 114 valence electrons. The van der Waals surface area contributed by atoms with Crippen molar-refractivity contribution in [2.45, 2.75) is 33.6 Å². The number of esters is 3. The summed E-state index contributed by atoms with van der Waals surface area (Å²) >= 11 is 0. The Morgan fingerprint density at radius 1 is 1.15 bits per heavy atom. The van der Waals surface area contributed by atoms with Crippen LogP contribution in [0.4, 0.5) is 0 Å². The van der Waals surface area contributed by atoms with E-state index in [9.17, 15) is 14.4 Å². The van der Waals surface area contributed by atoms with Crippen LogP contribution in [0.25, 0.3) is 0 Å². The highest BCUT2D eigenvalue weighted by Crippen LogP contribution is 2.35. The smallest absolute Gasteiger partial charge is 0.323 e. The fourth-order valence-electron chi connectivity index (χ4n) is 1.93. The van der Waals surface area contributed by atoms with E-state index < -0.39 is 29.2 Å². The first kappa shape index (κ1) is 18.1. The van der Waals surface area contributed by atoms with Gasteiger partial charge in [0.1, 0.15) is 0 Å². The van der Waals surface area contributed by atoms with Crippen LogP contribution in [0.15, 0.2) is 12.3 Å². The fraction of sp³-hybridized carbons (Fsp3) is 0.643. The average molecular weight is 286 g/mol. The molecule has 0 spiro atoms. The van der Waals surface area contributed by atoms with Gasteiger partial charge in [-0.05, 0) is 19.4 Å². The molecule has 1 atom stereocenters. The van der Waals surface area contributed by atoms with Crippen LogP contribution in [0, 0.1) is 11.3 Å². The number of ether oxygens (including phenoxy) is 3. The third-order valence-corrected chi connectivity index (χ3v) is 3.11. The first-order chi connectivity index (χ1) is 9.34. The Bertz CT molecular complexity index is 369. The highest BCUT2D eigenvalue weighted by molar-refractivity contribution is 6.00. The van der Waals surface area contributed by atoms with Crippen LogP contribution in [0.5, 0.6) is 0 Å². The molecule has 0 aromatic carbocycles. The van der Waals surface area contributed by atoms with Crippen molar-refractivity contribution in [3.8, 4) is 0 Å². The van der Waals surface area contributed by atoms with Gasteiger partial charge in [0.15, 0.2) is 5.41 Å². The number of methoxy groups -OCH3 is 2. The Morgan fingerprint density at radius 3 is 2.00 bits per heavy atom. The van der Waals surface area contributed by atoms with E-state index in [2.05, 4.69) is 0 Å². The lowest BCUT2D eigenvalue weighted by atomic mass is 9.74. The van der Waals surface area contributed by atoms with Gasteiger partial charge in [0.05, 0.1) is 20.5 Å². The molecule has 6 nitrogen and oxygen atoms in total. The van der Waals surface area contributed by atoms with Gasteiger partial charge >= 0.3 is 17.9 Å². The molecule has 0 aliphatic rings. The standard InChI is InChI=1S/C14H22O6/c1-6-7-11(8-9-20-10(2)15)14(3,12(16)18-4)13(17)19-5/h8-9,11H,6-7H2,1-5H3/b9-8+/t11-/m0/s1. The molecule has 0 heterocycles. The molecule has 0 aromatic heterocycles. The zero-order chi connectivity index (χ0) is 15.8. The van der Waals surface area contributed by atoms with Gasteiger partial charge in [-0.1, -0.05) is 13.3 Å². The molecule has 0 aliphatic heterocycles. The van der Waals surface area contributed by atoms with E-state index in [1.54, 1.807) is 0 Å². The van der Waals surface area contributed by atoms with E-state index in [-0.39, 0.29) is 0 Å². The van der Waals surface area contributed by atoms with E-state index in [0.717, 1.165) is 6.42 Å². The highest BCUT2D eigenvalue weighted by Gasteiger charge is 2.49. The summed E-state index contributed by atoms with van der Waals surface area (Å²) in [5.41, 5.74) is -1.48. The fourth-order valence-corrected chi connectivity index (χ4v) is 1.93. The van der Waals surface area contributed by atoms with Crippen LogP contribution >= 0.6 is 0 Å².